The van der Waals surface area contributed by atoms with E-state index in [9.17, 15) is 9.59 Å². The predicted octanol–water partition coefficient (Wildman–Crippen LogP) is 2.22. The van der Waals surface area contributed by atoms with Gasteiger partial charge in [-0.2, -0.15) is 0 Å². The number of carbonyl (C=O) groups excluding carboxylic acids is 1. The van der Waals surface area contributed by atoms with Gasteiger partial charge in [0.25, 0.3) is 5.56 Å². The first-order chi connectivity index (χ1) is 13.2. The Morgan fingerprint density at radius 1 is 1.26 bits per heavy atom. The van der Waals surface area contributed by atoms with Gasteiger partial charge in [0.1, 0.15) is 0 Å². The lowest BCUT2D eigenvalue weighted by Gasteiger charge is -2.27. The van der Waals surface area contributed by atoms with Gasteiger partial charge in [-0.25, -0.2) is 4.98 Å². The zero-order valence-electron chi connectivity index (χ0n) is 15.5. The zero-order chi connectivity index (χ0) is 18.8. The van der Waals surface area contributed by atoms with Crippen LogP contribution in [0.3, 0.4) is 0 Å². The van der Waals surface area contributed by atoms with Gasteiger partial charge in [-0.15, -0.1) is 0 Å². The van der Waals surface area contributed by atoms with Crippen molar-refractivity contribution in [2.45, 2.75) is 37.9 Å². The smallest absolute Gasteiger partial charge is 0.256 e. The lowest BCUT2D eigenvalue weighted by Crippen LogP contribution is -2.36. The van der Waals surface area contributed by atoms with Crippen molar-refractivity contribution in [3.05, 3.63) is 51.4 Å². The fourth-order valence-electron chi connectivity index (χ4n) is 3.84. The largest absolute Gasteiger partial charge is 0.311 e. The summed E-state index contributed by atoms with van der Waals surface area (Å²) in [5, 5.41) is 0.545. The number of benzene rings is 1. The third-order valence-electron chi connectivity index (χ3n) is 5.19. The number of aromatic nitrogens is 2. The van der Waals surface area contributed by atoms with Crippen molar-refractivity contribution < 1.29 is 4.79 Å². The Labute approximate surface area is 163 Å². The number of thioether (sulfide) groups is 1. The first kappa shape index (κ1) is 18.3. The Morgan fingerprint density at radius 3 is 2.96 bits per heavy atom. The SMILES string of the molecule is CCCN1CCc2nc(SCC(=O)N3CCc4ccccc43)[nH]c(=O)c2C1. The van der Waals surface area contributed by atoms with E-state index in [0.717, 1.165) is 55.8 Å². The van der Waals surface area contributed by atoms with Crippen LogP contribution in [0.5, 0.6) is 0 Å². The van der Waals surface area contributed by atoms with E-state index < -0.39 is 0 Å². The number of carbonyl (C=O) groups is 1. The minimum Gasteiger partial charge on any atom is -0.311 e. The number of hydrogen-bond acceptors (Lipinski definition) is 5. The predicted molar refractivity (Wildman–Crippen MR) is 107 cm³/mol. The molecule has 2 aliphatic heterocycles. The molecule has 1 amide bonds. The summed E-state index contributed by atoms with van der Waals surface area (Å²) in [7, 11) is 0. The van der Waals surface area contributed by atoms with Crippen LogP contribution in [-0.2, 0) is 24.2 Å². The molecular weight excluding hydrogens is 360 g/mol. The molecule has 6 nitrogen and oxygen atoms in total. The molecule has 0 aliphatic carbocycles. The summed E-state index contributed by atoms with van der Waals surface area (Å²) in [5.41, 5.74) is 3.81. The monoisotopic (exact) mass is 384 g/mol. The van der Waals surface area contributed by atoms with Crippen molar-refractivity contribution >= 4 is 23.4 Å². The molecule has 4 rings (SSSR count). The van der Waals surface area contributed by atoms with Gasteiger partial charge in [-0.3, -0.25) is 14.5 Å². The maximum Gasteiger partial charge on any atom is 0.256 e. The lowest BCUT2D eigenvalue weighted by atomic mass is 10.1. The number of hydrogen-bond donors (Lipinski definition) is 1. The minimum absolute atomic E-state index is 0.0550. The number of amides is 1. The molecule has 2 aromatic rings. The van der Waals surface area contributed by atoms with E-state index in [1.807, 2.05) is 23.1 Å². The Kier molecular flexibility index (Phi) is 5.31. The van der Waals surface area contributed by atoms with E-state index >= 15 is 0 Å². The fraction of sp³-hybridized carbons (Fsp3) is 0.450. The first-order valence-corrected chi connectivity index (χ1v) is 10.5. The van der Waals surface area contributed by atoms with Crippen molar-refractivity contribution in [2.75, 3.05) is 30.3 Å². The lowest BCUT2D eigenvalue weighted by molar-refractivity contribution is -0.116. The van der Waals surface area contributed by atoms with Crippen LogP contribution in [0, 0.1) is 0 Å². The molecule has 0 bridgehead atoms. The average molecular weight is 385 g/mol. The van der Waals surface area contributed by atoms with Gasteiger partial charge < -0.3 is 9.88 Å². The standard InChI is InChI=1S/C20H24N4O2S/c1-2-9-23-10-8-16-15(12-23)19(26)22-20(21-16)27-13-18(25)24-11-7-14-5-3-4-6-17(14)24/h3-6H,2,7-13H2,1H3,(H,21,22,26). The summed E-state index contributed by atoms with van der Waals surface area (Å²) in [5.74, 6) is 0.331. The minimum atomic E-state index is -0.0673. The molecule has 0 radical (unpaired) electrons. The highest BCUT2D eigenvalue weighted by atomic mass is 32.2. The Morgan fingerprint density at radius 2 is 2.11 bits per heavy atom. The summed E-state index contributed by atoms with van der Waals surface area (Å²) in [4.78, 5) is 36.7. The Bertz CT molecular complexity index is 911. The molecule has 0 unspecified atom stereocenters. The van der Waals surface area contributed by atoms with Gasteiger partial charge in [0.2, 0.25) is 5.91 Å². The normalized spacial score (nSPS) is 16.3. The van der Waals surface area contributed by atoms with Crippen LogP contribution in [0.15, 0.2) is 34.2 Å². The molecule has 0 saturated carbocycles. The molecule has 7 heteroatoms. The second-order valence-corrected chi connectivity index (χ2v) is 8.00. The highest BCUT2D eigenvalue weighted by Gasteiger charge is 2.25. The van der Waals surface area contributed by atoms with Gasteiger partial charge in [0.05, 0.1) is 17.0 Å². The van der Waals surface area contributed by atoms with Crippen LogP contribution >= 0.6 is 11.8 Å². The maximum absolute atomic E-state index is 12.6. The van der Waals surface area contributed by atoms with Gasteiger partial charge in [-0.1, -0.05) is 36.9 Å². The molecule has 142 valence electrons. The summed E-state index contributed by atoms with van der Waals surface area (Å²) in [6.45, 7) is 5.47. The van der Waals surface area contributed by atoms with Crippen LogP contribution < -0.4 is 10.5 Å². The van der Waals surface area contributed by atoms with Gasteiger partial charge in [0, 0.05) is 31.7 Å². The maximum atomic E-state index is 12.6. The third kappa shape index (κ3) is 3.80. The molecule has 0 atom stereocenters. The van der Waals surface area contributed by atoms with Crippen LogP contribution in [0.2, 0.25) is 0 Å². The molecular formula is C20H24N4O2S. The highest BCUT2D eigenvalue weighted by Crippen LogP contribution is 2.28. The second-order valence-electron chi connectivity index (χ2n) is 7.04. The van der Waals surface area contributed by atoms with Crippen LogP contribution in [0.1, 0.15) is 30.2 Å². The zero-order valence-corrected chi connectivity index (χ0v) is 16.3. The Hall–Kier alpha value is -2.12. The van der Waals surface area contributed by atoms with E-state index in [0.29, 0.717) is 11.7 Å². The van der Waals surface area contributed by atoms with Crippen LogP contribution in [-0.4, -0.2) is 46.2 Å². The number of anilines is 1. The van der Waals surface area contributed by atoms with Crippen LogP contribution in [0.4, 0.5) is 5.69 Å². The molecule has 1 aromatic carbocycles. The number of fused-ring (bicyclic) bond motifs is 2. The first-order valence-electron chi connectivity index (χ1n) is 9.51. The number of rotatable bonds is 5. The summed E-state index contributed by atoms with van der Waals surface area (Å²) in [6.07, 6.45) is 2.77. The average Bonchev–Trinajstić information content (AvgIpc) is 3.11. The number of para-hydroxylation sites is 1. The molecule has 0 saturated heterocycles. The second kappa shape index (κ2) is 7.86. The number of nitrogens with zero attached hydrogens (tertiary/aromatic N) is 3. The summed E-state index contributed by atoms with van der Waals surface area (Å²) in [6, 6.07) is 8.03. The molecule has 27 heavy (non-hydrogen) atoms. The quantitative estimate of drug-likeness (QED) is 0.632. The third-order valence-corrected chi connectivity index (χ3v) is 6.04. The van der Waals surface area contributed by atoms with Crippen molar-refractivity contribution in [2.24, 2.45) is 0 Å². The number of H-pyrrole nitrogens is 1. The van der Waals surface area contributed by atoms with E-state index in [-0.39, 0.29) is 17.2 Å². The van der Waals surface area contributed by atoms with Crippen molar-refractivity contribution in [1.29, 1.82) is 0 Å². The number of nitrogens with one attached hydrogen (secondary N) is 1. The van der Waals surface area contributed by atoms with Crippen molar-refractivity contribution in [3.8, 4) is 0 Å². The molecule has 3 heterocycles. The van der Waals surface area contributed by atoms with E-state index in [1.54, 1.807) is 0 Å². The number of aromatic amines is 1. The fourth-order valence-corrected chi connectivity index (χ4v) is 4.59. The van der Waals surface area contributed by atoms with Crippen molar-refractivity contribution in [1.82, 2.24) is 14.9 Å². The van der Waals surface area contributed by atoms with E-state index in [2.05, 4.69) is 27.9 Å². The summed E-state index contributed by atoms with van der Waals surface area (Å²) >= 11 is 1.32. The van der Waals surface area contributed by atoms with E-state index in [1.165, 1.54) is 17.3 Å². The van der Waals surface area contributed by atoms with Gasteiger partial charge in [-0.05, 0) is 31.0 Å². The Balaban J connectivity index is 1.43. The van der Waals surface area contributed by atoms with Crippen LogP contribution in [0.25, 0.3) is 0 Å². The molecule has 1 aromatic heterocycles. The van der Waals surface area contributed by atoms with Gasteiger partial charge >= 0.3 is 0 Å². The highest BCUT2D eigenvalue weighted by molar-refractivity contribution is 7.99. The summed E-state index contributed by atoms with van der Waals surface area (Å²) < 4.78 is 0. The molecule has 0 spiro atoms. The topological polar surface area (TPSA) is 69.3 Å². The van der Waals surface area contributed by atoms with Gasteiger partial charge in [0.15, 0.2) is 5.16 Å². The molecule has 0 fully saturated rings. The molecule has 1 N–H and O–H groups in total. The van der Waals surface area contributed by atoms with Crippen molar-refractivity contribution in [3.63, 3.8) is 0 Å². The van der Waals surface area contributed by atoms with E-state index in [4.69, 9.17) is 0 Å². The molecule has 2 aliphatic rings.